The van der Waals surface area contributed by atoms with E-state index in [1.165, 1.54) is 19.3 Å². The number of benzene rings is 1. The van der Waals surface area contributed by atoms with Crippen molar-refractivity contribution >= 4 is 23.3 Å². The molecule has 2 fully saturated rings. The van der Waals surface area contributed by atoms with Crippen LogP contribution >= 0.6 is 0 Å². The monoisotopic (exact) mass is 532 g/mol. The summed E-state index contributed by atoms with van der Waals surface area (Å²) in [5.74, 6) is 1.22. The predicted molar refractivity (Wildman–Crippen MR) is 147 cm³/mol. The maximum absolute atomic E-state index is 13.7. The number of pyridine rings is 1. The number of ether oxygens (including phenoxy) is 2. The topological polar surface area (TPSA) is 114 Å². The highest BCUT2D eigenvalue weighted by Gasteiger charge is 2.29. The number of hydrogen-bond donors (Lipinski definition) is 3. The number of nitrogens with zero attached hydrogens (tertiary/aromatic N) is 2. The maximum atomic E-state index is 13.7. The van der Waals surface area contributed by atoms with Gasteiger partial charge in [-0.1, -0.05) is 38.5 Å². The fourth-order valence-electron chi connectivity index (χ4n) is 6.37. The van der Waals surface area contributed by atoms with E-state index in [0.717, 1.165) is 62.0 Å². The van der Waals surface area contributed by atoms with Crippen LogP contribution in [0.4, 0.5) is 5.82 Å². The summed E-state index contributed by atoms with van der Waals surface area (Å²) < 4.78 is 13.1. The lowest BCUT2D eigenvalue weighted by atomic mass is 9.82. The molecule has 1 aliphatic heterocycles. The number of aliphatic carboxylic acids is 1. The van der Waals surface area contributed by atoms with E-state index in [2.05, 4.69) is 10.6 Å². The number of imidazole rings is 1. The smallest absolute Gasteiger partial charge is 0.305 e. The van der Waals surface area contributed by atoms with Crippen LogP contribution in [0, 0.1) is 5.92 Å². The van der Waals surface area contributed by atoms with Crippen LogP contribution in [0.5, 0.6) is 11.5 Å². The third-order valence-corrected chi connectivity index (χ3v) is 8.42. The lowest BCUT2D eigenvalue weighted by Gasteiger charge is -2.30. The second-order valence-electron chi connectivity index (χ2n) is 11.0. The first-order valence-corrected chi connectivity index (χ1v) is 14.3. The van der Waals surface area contributed by atoms with E-state index < -0.39 is 12.0 Å². The average Bonchev–Trinajstić information content (AvgIpc) is 3.58. The molecule has 3 aliphatic rings. The molecule has 9 heteroatoms. The van der Waals surface area contributed by atoms with Crippen LogP contribution in [0.1, 0.15) is 81.0 Å². The molecule has 9 nitrogen and oxygen atoms in total. The van der Waals surface area contributed by atoms with E-state index in [0.29, 0.717) is 28.8 Å². The van der Waals surface area contributed by atoms with Gasteiger partial charge >= 0.3 is 5.97 Å². The molecule has 2 aromatic heterocycles. The van der Waals surface area contributed by atoms with Crippen molar-refractivity contribution in [1.82, 2.24) is 14.7 Å². The molecule has 206 valence electrons. The Hall–Kier alpha value is -3.75. The molecule has 0 saturated heterocycles. The summed E-state index contributed by atoms with van der Waals surface area (Å²) in [7, 11) is 0. The standard InChI is InChI=1S/C30H36N4O5/c35-26(36)17-23(19-8-3-1-4-9-19)32-30(37)22-12-7-15-34-28(22)33-27(29(34)31-21-10-5-2-6-11-21)20-13-14-24-25(16-20)39-18-38-24/h7,12-16,19,21,23,31H,1-6,8-11,17-18H2,(H,32,37)(H,35,36). The van der Waals surface area contributed by atoms with Gasteiger partial charge in [-0.2, -0.15) is 0 Å². The largest absolute Gasteiger partial charge is 0.481 e. The number of fused-ring (bicyclic) bond motifs is 2. The van der Waals surface area contributed by atoms with Crippen LogP contribution < -0.4 is 20.1 Å². The van der Waals surface area contributed by atoms with Crippen molar-refractivity contribution in [2.75, 3.05) is 12.1 Å². The molecule has 1 aromatic carbocycles. The van der Waals surface area contributed by atoms with Crippen LogP contribution in [0.2, 0.25) is 0 Å². The molecule has 6 rings (SSSR count). The Morgan fingerprint density at radius 2 is 1.74 bits per heavy atom. The summed E-state index contributed by atoms with van der Waals surface area (Å²) in [5, 5.41) is 16.4. The molecule has 1 atom stereocenters. The van der Waals surface area contributed by atoms with Gasteiger partial charge in [-0.05, 0) is 61.9 Å². The molecule has 0 spiro atoms. The number of carboxylic acid groups (broad SMARTS) is 1. The highest BCUT2D eigenvalue weighted by molar-refractivity contribution is 6.01. The Kier molecular flexibility index (Phi) is 7.30. The lowest BCUT2D eigenvalue weighted by molar-refractivity contribution is -0.137. The molecule has 1 unspecified atom stereocenters. The van der Waals surface area contributed by atoms with Gasteiger partial charge in [0.05, 0.1) is 12.0 Å². The number of nitrogens with one attached hydrogen (secondary N) is 2. The molecular weight excluding hydrogens is 496 g/mol. The fraction of sp³-hybridized carbons (Fsp3) is 0.500. The van der Waals surface area contributed by atoms with Gasteiger partial charge in [-0.15, -0.1) is 0 Å². The average molecular weight is 533 g/mol. The highest BCUT2D eigenvalue weighted by atomic mass is 16.7. The van der Waals surface area contributed by atoms with Crippen LogP contribution in [-0.2, 0) is 4.79 Å². The van der Waals surface area contributed by atoms with Gasteiger partial charge in [-0.25, -0.2) is 4.98 Å². The maximum Gasteiger partial charge on any atom is 0.305 e. The van der Waals surface area contributed by atoms with Crippen molar-refractivity contribution in [1.29, 1.82) is 0 Å². The third-order valence-electron chi connectivity index (χ3n) is 8.42. The van der Waals surface area contributed by atoms with Crippen molar-refractivity contribution in [3.8, 4) is 22.8 Å². The van der Waals surface area contributed by atoms with Gasteiger partial charge in [0.2, 0.25) is 6.79 Å². The van der Waals surface area contributed by atoms with E-state index in [1.54, 1.807) is 6.07 Å². The van der Waals surface area contributed by atoms with Crippen LogP contribution in [0.15, 0.2) is 36.5 Å². The molecule has 3 N–H and O–H groups in total. The Morgan fingerprint density at radius 1 is 1.00 bits per heavy atom. The van der Waals surface area contributed by atoms with Gasteiger partial charge in [0.1, 0.15) is 11.5 Å². The van der Waals surface area contributed by atoms with E-state index >= 15 is 0 Å². The third kappa shape index (κ3) is 5.40. The number of rotatable bonds is 8. The number of aromatic nitrogens is 2. The van der Waals surface area contributed by atoms with E-state index in [1.807, 2.05) is 34.9 Å². The van der Waals surface area contributed by atoms with Gasteiger partial charge in [0.15, 0.2) is 17.1 Å². The fourth-order valence-corrected chi connectivity index (χ4v) is 6.37. The summed E-state index contributed by atoms with van der Waals surface area (Å²) in [6.07, 6.45) is 12.8. The summed E-state index contributed by atoms with van der Waals surface area (Å²) in [6, 6.07) is 9.33. The summed E-state index contributed by atoms with van der Waals surface area (Å²) in [6.45, 7) is 0.194. The van der Waals surface area contributed by atoms with E-state index in [-0.39, 0.29) is 25.0 Å². The molecule has 1 amide bonds. The molecule has 0 bridgehead atoms. The zero-order chi connectivity index (χ0) is 26.8. The van der Waals surface area contributed by atoms with Gasteiger partial charge in [0, 0.05) is 23.8 Å². The SMILES string of the molecule is O=C(O)CC(NC(=O)c1cccn2c(NC3CCCCC3)c(-c3ccc4c(c3)OCO4)nc12)C1CCCCC1. The Morgan fingerprint density at radius 3 is 2.51 bits per heavy atom. The normalized spacial score (nSPS) is 18.7. The molecule has 3 aromatic rings. The van der Waals surface area contributed by atoms with Crippen LogP contribution in [0.3, 0.4) is 0 Å². The molecule has 3 heterocycles. The first-order valence-electron chi connectivity index (χ1n) is 14.3. The predicted octanol–water partition coefficient (Wildman–Crippen LogP) is 5.63. The number of hydrogen-bond acceptors (Lipinski definition) is 6. The van der Waals surface area contributed by atoms with E-state index in [4.69, 9.17) is 14.5 Å². The number of carboxylic acids is 1. The van der Waals surface area contributed by atoms with Crippen molar-refractivity contribution in [2.45, 2.75) is 82.7 Å². The minimum absolute atomic E-state index is 0.0785. The lowest BCUT2D eigenvalue weighted by Crippen LogP contribution is -2.42. The number of amides is 1. The number of carbonyl (C=O) groups excluding carboxylic acids is 1. The summed E-state index contributed by atoms with van der Waals surface area (Å²) in [4.78, 5) is 30.3. The summed E-state index contributed by atoms with van der Waals surface area (Å²) in [5.41, 5.74) is 2.59. The first-order chi connectivity index (χ1) is 19.1. The molecular formula is C30H36N4O5. The van der Waals surface area contributed by atoms with Crippen molar-refractivity contribution in [2.24, 2.45) is 5.92 Å². The highest BCUT2D eigenvalue weighted by Crippen LogP contribution is 2.39. The molecule has 0 radical (unpaired) electrons. The van der Waals surface area contributed by atoms with Crippen molar-refractivity contribution in [3.63, 3.8) is 0 Å². The quantitative estimate of drug-likeness (QED) is 0.345. The second kappa shape index (κ2) is 11.2. The van der Waals surface area contributed by atoms with Gasteiger partial charge in [0.25, 0.3) is 5.91 Å². The van der Waals surface area contributed by atoms with Crippen LogP contribution in [0.25, 0.3) is 16.9 Å². The zero-order valence-electron chi connectivity index (χ0n) is 22.2. The Labute approximate surface area is 227 Å². The van der Waals surface area contributed by atoms with Crippen molar-refractivity contribution in [3.05, 3.63) is 42.1 Å². The molecule has 39 heavy (non-hydrogen) atoms. The van der Waals surface area contributed by atoms with Crippen molar-refractivity contribution < 1.29 is 24.2 Å². The van der Waals surface area contributed by atoms with E-state index in [9.17, 15) is 14.7 Å². The van der Waals surface area contributed by atoms with Crippen LogP contribution in [-0.4, -0.2) is 45.2 Å². The zero-order valence-corrected chi connectivity index (χ0v) is 22.2. The summed E-state index contributed by atoms with van der Waals surface area (Å²) >= 11 is 0. The minimum atomic E-state index is -0.894. The Balaban J connectivity index is 1.37. The Bertz CT molecular complexity index is 1360. The molecule has 2 saturated carbocycles. The second-order valence-corrected chi connectivity index (χ2v) is 11.0. The number of carbonyl (C=O) groups is 2. The number of anilines is 1. The van der Waals surface area contributed by atoms with Gasteiger partial charge in [-0.3, -0.25) is 14.0 Å². The minimum Gasteiger partial charge on any atom is -0.481 e. The van der Waals surface area contributed by atoms with Gasteiger partial charge < -0.3 is 25.2 Å². The molecule has 2 aliphatic carbocycles. The first kappa shape index (κ1) is 25.5.